The number of nitrogens with zero attached hydrogens (tertiary/aromatic N) is 4. The van der Waals surface area contributed by atoms with Crippen molar-refractivity contribution < 1.29 is 9.47 Å². The number of aromatic nitrogens is 4. The first-order valence-corrected chi connectivity index (χ1v) is 6.90. The maximum Gasteiger partial charge on any atom is 0.242 e. The van der Waals surface area contributed by atoms with Gasteiger partial charge in [0.15, 0.2) is 11.5 Å². The van der Waals surface area contributed by atoms with E-state index in [9.17, 15) is 0 Å². The SMILES string of the molecule is CCOc1cc(Br)c(CNc2nnnn2C)cc1OC. The van der Waals surface area contributed by atoms with E-state index in [0.29, 0.717) is 30.6 Å². The van der Waals surface area contributed by atoms with Crippen LogP contribution in [0.2, 0.25) is 0 Å². The van der Waals surface area contributed by atoms with Crippen molar-refractivity contribution in [3.05, 3.63) is 22.2 Å². The molecule has 1 aromatic heterocycles. The van der Waals surface area contributed by atoms with Crippen LogP contribution in [0.1, 0.15) is 12.5 Å². The lowest BCUT2D eigenvalue weighted by molar-refractivity contribution is 0.310. The molecule has 1 heterocycles. The van der Waals surface area contributed by atoms with E-state index in [-0.39, 0.29) is 0 Å². The molecule has 108 valence electrons. The van der Waals surface area contributed by atoms with Crippen LogP contribution in [0.3, 0.4) is 0 Å². The van der Waals surface area contributed by atoms with Crippen molar-refractivity contribution >= 4 is 21.9 Å². The number of ether oxygens (including phenoxy) is 2. The predicted octanol–water partition coefficient (Wildman–Crippen LogP) is 1.99. The second kappa shape index (κ2) is 6.56. The third kappa shape index (κ3) is 3.19. The summed E-state index contributed by atoms with van der Waals surface area (Å²) in [6.07, 6.45) is 0. The van der Waals surface area contributed by atoms with Crippen molar-refractivity contribution in [3.63, 3.8) is 0 Å². The van der Waals surface area contributed by atoms with Crippen LogP contribution in [0.25, 0.3) is 0 Å². The van der Waals surface area contributed by atoms with E-state index in [2.05, 4.69) is 36.8 Å². The molecule has 0 aliphatic heterocycles. The maximum absolute atomic E-state index is 5.52. The molecule has 1 N–H and O–H groups in total. The van der Waals surface area contributed by atoms with Gasteiger partial charge in [0.1, 0.15) is 0 Å². The Balaban J connectivity index is 2.17. The zero-order chi connectivity index (χ0) is 14.5. The summed E-state index contributed by atoms with van der Waals surface area (Å²) in [7, 11) is 3.39. The lowest BCUT2D eigenvalue weighted by Gasteiger charge is -2.13. The van der Waals surface area contributed by atoms with Crippen LogP contribution < -0.4 is 14.8 Å². The van der Waals surface area contributed by atoms with Crippen LogP contribution in [0.15, 0.2) is 16.6 Å². The molecule has 20 heavy (non-hydrogen) atoms. The summed E-state index contributed by atoms with van der Waals surface area (Å²) in [4.78, 5) is 0. The number of hydrogen-bond acceptors (Lipinski definition) is 6. The van der Waals surface area contributed by atoms with Crippen molar-refractivity contribution in [1.29, 1.82) is 0 Å². The Hall–Kier alpha value is -1.83. The molecule has 0 atom stereocenters. The van der Waals surface area contributed by atoms with Gasteiger partial charge in [0, 0.05) is 18.1 Å². The fraction of sp³-hybridized carbons (Fsp3) is 0.417. The van der Waals surface area contributed by atoms with Crippen molar-refractivity contribution in [3.8, 4) is 11.5 Å². The van der Waals surface area contributed by atoms with E-state index in [1.54, 1.807) is 18.8 Å². The highest BCUT2D eigenvalue weighted by Crippen LogP contribution is 2.33. The molecule has 8 heteroatoms. The molecule has 1 aromatic carbocycles. The number of benzene rings is 1. The maximum atomic E-state index is 5.52. The fourth-order valence-electron chi connectivity index (χ4n) is 1.69. The summed E-state index contributed by atoms with van der Waals surface area (Å²) in [5.74, 6) is 2.01. The first-order chi connectivity index (χ1) is 9.65. The van der Waals surface area contributed by atoms with Crippen LogP contribution >= 0.6 is 15.9 Å². The third-order valence-electron chi connectivity index (χ3n) is 2.69. The Morgan fingerprint density at radius 1 is 1.35 bits per heavy atom. The summed E-state index contributed by atoms with van der Waals surface area (Å²) in [5, 5.41) is 14.4. The molecule has 0 spiro atoms. The quantitative estimate of drug-likeness (QED) is 0.866. The second-order valence-corrected chi connectivity index (χ2v) is 4.86. The van der Waals surface area contributed by atoms with Gasteiger partial charge in [-0.3, -0.25) is 0 Å². The average Bonchev–Trinajstić information content (AvgIpc) is 2.84. The Labute approximate surface area is 125 Å². The van der Waals surface area contributed by atoms with Crippen LogP contribution in [-0.4, -0.2) is 33.9 Å². The molecule has 2 rings (SSSR count). The van der Waals surface area contributed by atoms with Crippen molar-refractivity contribution in [1.82, 2.24) is 20.2 Å². The lowest BCUT2D eigenvalue weighted by atomic mass is 10.2. The van der Waals surface area contributed by atoms with Gasteiger partial charge in [0.2, 0.25) is 5.95 Å². The number of nitrogens with one attached hydrogen (secondary N) is 1. The first kappa shape index (κ1) is 14.6. The molecular formula is C12H16BrN5O2. The minimum absolute atomic E-state index is 0.567. The first-order valence-electron chi connectivity index (χ1n) is 6.11. The van der Waals surface area contributed by atoms with Gasteiger partial charge in [-0.05, 0) is 35.0 Å². The lowest BCUT2D eigenvalue weighted by Crippen LogP contribution is -2.07. The van der Waals surface area contributed by atoms with Gasteiger partial charge >= 0.3 is 0 Å². The normalized spacial score (nSPS) is 10.4. The molecule has 0 fully saturated rings. The van der Waals surface area contributed by atoms with Gasteiger partial charge in [-0.25, -0.2) is 4.68 Å². The molecule has 0 unspecified atom stereocenters. The smallest absolute Gasteiger partial charge is 0.242 e. The highest BCUT2D eigenvalue weighted by molar-refractivity contribution is 9.10. The van der Waals surface area contributed by atoms with Crippen LogP contribution in [0.5, 0.6) is 11.5 Å². The van der Waals surface area contributed by atoms with Crippen LogP contribution in [-0.2, 0) is 13.6 Å². The highest BCUT2D eigenvalue weighted by atomic mass is 79.9. The van der Waals surface area contributed by atoms with Crippen molar-refractivity contribution in [2.24, 2.45) is 7.05 Å². The monoisotopic (exact) mass is 341 g/mol. The topological polar surface area (TPSA) is 74.1 Å². The average molecular weight is 342 g/mol. The molecule has 7 nitrogen and oxygen atoms in total. The van der Waals surface area contributed by atoms with Gasteiger partial charge in [-0.1, -0.05) is 21.0 Å². The van der Waals surface area contributed by atoms with Gasteiger partial charge in [-0.2, -0.15) is 0 Å². The minimum Gasteiger partial charge on any atom is -0.493 e. The molecular weight excluding hydrogens is 326 g/mol. The summed E-state index contributed by atoms with van der Waals surface area (Å²) < 4.78 is 13.4. The van der Waals surface area contributed by atoms with Gasteiger partial charge in [-0.15, -0.1) is 0 Å². The number of methoxy groups -OCH3 is 1. The number of anilines is 1. The highest BCUT2D eigenvalue weighted by Gasteiger charge is 2.11. The van der Waals surface area contributed by atoms with Gasteiger partial charge in [0.25, 0.3) is 0 Å². The molecule has 0 saturated heterocycles. The summed E-state index contributed by atoms with van der Waals surface area (Å²) in [6, 6.07) is 3.82. The minimum atomic E-state index is 0.567. The summed E-state index contributed by atoms with van der Waals surface area (Å²) in [5.41, 5.74) is 1.02. The number of tetrazole rings is 1. The zero-order valence-electron chi connectivity index (χ0n) is 11.6. The number of rotatable bonds is 6. The second-order valence-electron chi connectivity index (χ2n) is 4.01. The predicted molar refractivity (Wildman–Crippen MR) is 78.0 cm³/mol. The molecule has 0 radical (unpaired) electrons. The number of halogens is 1. The van der Waals surface area contributed by atoms with E-state index in [0.717, 1.165) is 10.0 Å². The Morgan fingerprint density at radius 2 is 2.15 bits per heavy atom. The Bertz CT molecular complexity index is 587. The molecule has 2 aromatic rings. The standard InChI is InChI=1S/C12H16BrN5O2/c1-4-20-11-6-9(13)8(5-10(11)19-3)7-14-12-15-16-17-18(12)2/h5-6H,4,7H2,1-3H3,(H,14,15,17). The Morgan fingerprint density at radius 3 is 2.75 bits per heavy atom. The van der Waals surface area contributed by atoms with E-state index >= 15 is 0 Å². The van der Waals surface area contributed by atoms with Gasteiger partial charge in [0.05, 0.1) is 13.7 Å². The Kier molecular flexibility index (Phi) is 4.78. The molecule has 0 aliphatic carbocycles. The third-order valence-corrected chi connectivity index (χ3v) is 3.43. The summed E-state index contributed by atoms with van der Waals surface area (Å²) in [6.45, 7) is 3.09. The molecule has 0 aliphatic rings. The number of hydrogen-bond donors (Lipinski definition) is 1. The van der Waals surface area contributed by atoms with Crippen LogP contribution in [0.4, 0.5) is 5.95 Å². The van der Waals surface area contributed by atoms with Crippen molar-refractivity contribution in [2.45, 2.75) is 13.5 Å². The van der Waals surface area contributed by atoms with Crippen molar-refractivity contribution in [2.75, 3.05) is 19.0 Å². The largest absolute Gasteiger partial charge is 0.493 e. The zero-order valence-corrected chi connectivity index (χ0v) is 13.1. The fourth-order valence-corrected chi connectivity index (χ4v) is 2.16. The summed E-state index contributed by atoms with van der Waals surface area (Å²) >= 11 is 3.53. The molecule has 0 amide bonds. The van der Waals surface area contributed by atoms with E-state index in [4.69, 9.17) is 9.47 Å². The van der Waals surface area contributed by atoms with Crippen LogP contribution in [0, 0.1) is 0 Å². The van der Waals surface area contributed by atoms with E-state index in [1.807, 2.05) is 19.1 Å². The van der Waals surface area contributed by atoms with E-state index < -0.39 is 0 Å². The van der Waals surface area contributed by atoms with E-state index in [1.165, 1.54) is 0 Å². The molecule has 0 bridgehead atoms. The number of aryl methyl sites for hydroxylation is 1. The van der Waals surface area contributed by atoms with Gasteiger partial charge < -0.3 is 14.8 Å². The molecule has 0 saturated carbocycles.